The van der Waals surface area contributed by atoms with Crippen molar-refractivity contribution in [3.05, 3.63) is 144 Å². The van der Waals surface area contributed by atoms with Crippen molar-refractivity contribution in [2.24, 2.45) is 11.8 Å². The SMILES string of the molecule is Nc1ccn(Cc2ccncc2)n1.O=C(Nc1ccn(Cc2ccncc2)n1)C1COc2ccccc2C1.O=C(O)C1COc2ccccc2C1. The van der Waals surface area contributed by atoms with Gasteiger partial charge in [-0.2, -0.15) is 10.2 Å². The van der Waals surface area contributed by atoms with E-state index in [4.69, 9.17) is 20.3 Å². The molecular weight excluding hydrogens is 648 g/mol. The van der Waals surface area contributed by atoms with Gasteiger partial charge in [-0.25, -0.2) is 0 Å². The number of rotatable bonds is 7. The van der Waals surface area contributed by atoms with E-state index in [1.54, 1.807) is 46.3 Å². The van der Waals surface area contributed by atoms with Crippen molar-refractivity contribution in [3.8, 4) is 11.5 Å². The molecule has 0 spiro atoms. The Kier molecular flexibility index (Phi) is 11.3. The fourth-order valence-corrected chi connectivity index (χ4v) is 5.54. The molecule has 6 heterocycles. The summed E-state index contributed by atoms with van der Waals surface area (Å²) in [7, 11) is 0. The summed E-state index contributed by atoms with van der Waals surface area (Å²) in [6.07, 6.45) is 12.0. The van der Waals surface area contributed by atoms with Gasteiger partial charge in [-0.15, -0.1) is 0 Å². The molecule has 51 heavy (non-hydrogen) atoms. The maximum absolute atomic E-state index is 12.5. The maximum Gasteiger partial charge on any atom is 0.310 e. The number of carboxylic acids is 1. The minimum absolute atomic E-state index is 0.0661. The predicted molar refractivity (Wildman–Crippen MR) is 190 cm³/mol. The Morgan fingerprint density at radius 2 is 1.22 bits per heavy atom. The van der Waals surface area contributed by atoms with Gasteiger partial charge in [-0.1, -0.05) is 36.4 Å². The first-order chi connectivity index (χ1) is 24.9. The summed E-state index contributed by atoms with van der Waals surface area (Å²) in [6.45, 7) is 2.05. The summed E-state index contributed by atoms with van der Waals surface area (Å²) in [4.78, 5) is 31.1. The molecule has 0 radical (unpaired) electrons. The number of aromatic nitrogens is 6. The minimum atomic E-state index is -0.783. The smallest absolute Gasteiger partial charge is 0.310 e. The molecule has 2 atom stereocenters. The van der Waals surface area contributed by atoms with Crippen LogP contribution in [0.25, 0.3) is 0 Å². The van der Waals surface area contributed by atoms with Crippen molar-refractivity contribution in [1.29, 1.82) is 0 Å². The average molecular weight is 687 g/mol. The fourth-order valence-electron chi connectivity index (χ4n) is 5.54. The molecule has 0 saturated carbocycles. The first-order valence-corrected chi connectivity index (χ1v) is 16.4. The molecule has 13 nitrogen and oxygen atoms in total. The third-order valence-electron chi connectivity index (χ3n) is 8.22. The fraction of sp³-hybridized carbons (Fsp3) is 0.211. The van der Waals surface area contributed by atoms with Gasteiger partial charge in [-0.05, 0) is 77.6 Å². The first-order valence-electron chi connectivity index (χ1n) is 16.4. The standard InChI is InChI=1S/C19H18N4O2.C10H10O3.C9H10N4/c24-19(16-11-15-3-1-2-4-17(15)25-13-16)21-18-7-10-23(22-18)12-14-5-8-20-9-6-14;11-10(12)8-5-7-3-1-2-4-9(7)13-6-8;10-9-3-6-13(12-9)7-8-1-4-11-5-2-8/h1-10,16H,11-13H2,(H,21,22,24);1-4,8H,5-6H2,(H,11,12);1-6H,7H2,(H2,10,12). The van der Waals surface area contributed by atoms with Crippen LogP contribution in [-0.2, 0) is 35.5 Å². The lowest BCUT2D eigenvalue weighted by atomic mass is 9.96. The van der Waals surface area contributed by atoms with Crippen molar-refractivity contribution < 1.29 is 24.2 Å². The van der Waals surface area contributed by atoms with Gasteiger partial charge in [0, 0.05) is 43.2 Å². The van der Waals surface area contributed by atoms with E-state index < -0.39 is 11.9 Å². The van der Waals surface area contributed by atoms with Gasteiger partial charge >= 0.3 is 5.97 Å². The number of nitrogens with zero attached hydrogens (tertiary/aromatic N) is 6. The lowest BCUT2D eigenvalue weighted by Gasteiger charge is -2.24. The van der Waals surface area contributed by atoms with Gasteiger partial charge in [0.2, 0.25) is 5.91 Å². The molecule has 6 aromatic rings. The van der Waals surface area contributed by atoms with Gasteiger partial charge in [0.25, 0.3) is 0 Å². The molecule has 4 aromatic heterocycles. The number of hydrogen-bond acceptors (Lipinski definition) is 9. The summed E-state index contributed by atoms with van der Waals surface area (Å²) in [5, 5.41) is 20.2. The monoisotopic (exact) mass is 686 g/mol. The molecule has 2 unspecified atom stereocenters. The molecule has 0 saturated heterocycles. The number of carbonyl (C=O) groups excluding carboxylic acids is 1. The highest BCUT2D eigenvalue weighted by molar-refractivity contribution is 5.92. The van der Waals surface area contributed by atoms with Crippen LogP contribution in [0.4, 0.5) is 11.6 Å². The van der Waals surface area contributed by atoms with Crippen LogP contribution in [0.3, 0.4) is 0 Å². The first kappa shape index (κ1) is 34.4. The molecule has 0 fully saturated rings. The topological polar surface area (TPSA) is 172 Å². The predicted octanol–water partition coefficient (Wildman–Crippen LogP) is 4.75. The molecule has 4 N–H and O–H groups in total. The average Bonchev–Trinajstić information content (AvgIpc) is 3.79. The van der Waals surface area contributed by atoms with Crippen LogP contribution in [0.15, 0.2) is 122 Å². The van der Waals surface area contributed by atoms with E-state index in [2.05, 4.69) is 25.5 Å². The van der Waals surface area contributed by atoms with Crippen LogP contribution in [-0.4, -0.2) is 59.7 Å². The minimum Gasteiger partial charge on any atom is -0.492 e. The van der Waals surface area contributed by atoms with E-state index in [9.17, 15) is 9.59 Å². The number of anilines is 2. The van der Waals surface area contributed by atoms with Crippen LogP contribution in [0, 0.1) is 11.8 Å². The molecule has 13 heteroatoms. The zero-order valence-electron chi connectivity index (χ0n) is 27.8. The Balaban J connectivity index is 0.000000145. The second kappa shape index (κ2) is 16.7. The van der Waals surface area contributed by atoms with Crippen LogP contribution < -0.4 is 20.5 Å². The number of nitrogen functional groups attached to an aromatic ring is 1. The lowest BCUT2D eigenvalue weighted by molar-refractivity contribution is -0.143. The largest absolute Gasteiger partial charge is 0.492 e. The number of fused-ring (bicyclic) bond motifs is 2. The van der Waals surface area contributed by atoms with Gasteiger partial charge in [0.15, 0.2) is 5.82 Å². The third-order valence-corrected chi connectivity index (χ3v) is 8.22. The van der Waals surface area contributed by atoms with Gasteiger partial charge < -0.3 is 25.6 Å². The summed E-state index contributed by atoms with van der Waals surface area (Å²) in [5.41, 5.74) is 9.81. The van der Waals surface area contributed by atoms with E-state index >= 15 is 0 Å². The molecule has 1 amide bonds. The Bertz CT molecular complexity index is 2030. The zero-order chi connectivity index (χ0) is 35.4. The molecule has 0 aliphatic carbocycles. The van der Waals surface area contributed by atoms with E-state index in [0.29, 0.717) is 37.6 Å². The molecule has 2 aliphatic heterocycles. The van der Waals surface area contributed by atoms with Gasteiger partial charge in [0.05, 0.1) is 24.9 Å². The van der Waals surface area contributed by atoms with Crippen molar-refractivity contribution in [1.82, 2.24) is 29.5 Å². The Morgan fingerprint density at radius 1 is 0.706 bits per heavy atom. The maximum atomic E-state index is 12.5. The van der Waals surface area contributed by atoms with E-state index in [1.807, 2.05) is 85.2 Å². The summed E-state index contributed by atoms with van der Waals surface area (Å²) < 4.78 is 14.6. The summed E-state index contributed by atoms with van der Waals surface area (Å²) in [6, 6.07) is 26.8. The number of pyridine rings is 2. The number of aliphatic carboxylic acids is 1. The van der Waals surface area contributed by atoms with Crippen LogP contribution in [0.5, 0.6) is 11.5 Å². The summed E-state index contributed by atoms with van der Waals surface area (Å²) in [5.74, 6) is 1.34. The third kappa shape index (κ3) is 9.79. The van der Waals surface area contributed by atoms with Crippen molar-refractivity contribution in [3.63, 3.8) is 0 Å². The quantitative estimate of drug-likeness (QED) is 0.213. The van der Waals surface area contributed by atoms with E-state index in [0.717, 1.165) is 40.3 Å². The van der Waals surface area contributed by atoms with Gasteiger partial charge in [-0.3, -0.25) is 28.9 Å². The van der Waals surface area contributed by atoms with Crippen molar-refractivity contribution in [2.75, 3.05) is 24.3 Å². The zero-order valence-corrected chi connectivity index (χ0v) is 27.8. The second-order valence-electron chi connectivity index (χ2n) is 12.0. The van der Waals surface area contributed by atoms with E-state index in [1.165, 1.54) is 0 Å². The number of para-hydroxylation sites is 2. The number of ether oxygens (including phenoxy) is 2. The van der Waals surface area contributed by atoms with Crippen molar-refractivity contribution >= 4 is 23.5 Å². The molecule has 2 aromatic carbocycles. The van der Waals surface area contributed by atoms with Gasteiger partial charge in [0.1, 0.15) is 30.5 Å². The molecule has 0 bridgehead atoms. The second-order valence-corrected chi connectivity index (χ2v) is 12.0. The number of amides is 1. The Morgan fingerprint density at radius 3 is 1.76 bits per heavy atom. The van der Waals surface area contributed by atoms with Crippen LogP contribution >= 0.6 is 0 Å². The number of benzene rings is 2. The molecule has 8 rings (SSSR count). The molecule has 2 aliphatic rings. The number of carbonyl (C=O) groups is 2. The van der Waals surface area contributed by atoms with Crippen LogP contribution in [0.1, 0.15) is 22.3 Å². The lowest BCUT2D eigenvalue weighted by Crippen LogP contribution is -2.32. The normalized spacial score (nSPS) is 15.5. The number of nitrogens with one attached hydrogen (secondary N) is 1. The number of nitrogens with two attached hydrogens (primary N) is 1. The van der Waals surface area contributed by atoms with Crippen LogP contribution in [0.2, 0.25) is 0 Å². The number of carboxylic acid groups (broad SMARTS) is 1. The van der Waals surface area contributed by atoms with Crippen molar-refractivity contribution in [2.45, 2.75) is 25.9 Å². The highest BCUT2D eigenvalue weighted by atomic mass is 16.5. The van der Waals surface area contributed by atoms with E-state index in [-0.39, 0.29) is 18.4 Å². The Labute approximate surface area is 294 Å². The molecular formula is C38H38N8O5. The highest BCUT2D eigenvalue weighted by Gasteiger charge is 2.26. The highest BCUT2D eigenvalue weighted by Crippen LogP contribution is 2.28. The number of hydrogen-bond donors (Lipinski definition) is 3. The molecule has 260 valence electrons. The summed E-state index contributed by atoms with van der Waals surface area (Å²) >= 11 is 0. The Hall–Kier alpha value is -6.50.